The molecule has 2 rings (SSSR count). The molecule has 1 aromatic carbocycles. The molecule has 0 aliphatic carbocycles. The number of methoxy groups -OCH3 is 1. The molecule has 0 spiro atoms. The monoisotopic (exact) mass is 329 g/mol. The summed E-state index contributed by atoms with van der Waals surface area (Å²) in [6.07, 6.45) is -0.0129. The predicted molar refractivity (Wildman–Crippen MR) is 77.9 cm³/mol. The summed E-state index contributed by atoms with van der Waals surface area (Å²) in [6.45, 7) is 1.85. The maximum Gasteiger partial charge on any atom is 0.338 e. The van der Waals surface area contributed by atoms with Crippen molar-refractivity contribution in [2.75, 3.05) is 24.3 Å². The second-order valence-electron chi connectivity index (χ2n) is 5.27. The van der Waals surface area contributed by atoms with Crippen LogP contribution in [-0.2, 0) is 19.8 Å². The second kappa shape index (κ2) is 6.04. The Bertz CT molecular complexity index is 716. The van der Waals surface area contributed by atoms with Crippen LogP contribution in [0.3, 0.4) is 0 Å². The lowest BCUT2D eigenvalue weighted by Gasteiger charge is -2.18. The first kappa shape index (κ1) is 16.4. The molecule has 0 saturated carbocycles. The fraction of sp³-hybridized carbons (Fsp3) is 0.429. The van der Waals surface area contributed by atoms with Gasteiger partial charge in [-0.25, -0.2) is 4.79 Å². The topological polar surface area (TPSA) is 80.8 Å². The van der Waals surface area contributed by atoms with Gasteiger partial charge >= 0.3 is 16.2 Å². The van der Waals surface area contributed by atoms with Crippen LogP contribution in [-0.4, -0.2) is 39.7 Å². The second-order valence-corrected chi connectivity index (χ2v) is 6.68. The van der Waals surface area contributed by atoms with E-state index in [2.05, 4.69) is 4.74 Å². The van der Waals surface area contributed by atoms with Gasteiger partial charge in [0.1, 0.15) is 0 Å². The summed E-state index contributed by atoms with van der Waals surface area (Å²) in [5.41, 5.74) is 1.58. The van der Waals surface area contributed by atoms with E-state index in [1.54, 1.807) is 25.1 Å². The van der Waals surface area contributed by atoms with Crippen molar-refractivity contribution >= 4 is 27.8 Å². The average molecular weight is 329 g/mol. The van der Waals surface area contributed by atoms with Crippen LogP contribution in [0.15, 0.2) is 18.2 Å². The molecule has 22 heavy (non-hydrogen) atoms. The zero-order valence-corrected chi connectivity index (χ0v) is 13.0. The molecule has 0 radical (unpaired) electrons. The van der Waals surface area contributed by atoms with Crippen molar-refractivity contribution in [3.05, 3.63) is 29.3 Å². The van der Waals surface area contributed by atoms with Gasteiger partial charge in [0.05, 0.1) is 18.4 Å². The van der Waals surface area contributed by atoms with Crippen LogP contribution < -0.4 is 4.90 Å². The van der Waals surface area contributed by atoms with Crippen LogP contribution in [0, 0.1) is 12.8 Å². The van der Waals surface area contributed by atoms with E-state index in [1.165, 1.54) is 12.0 Å². The van der Waals surface area contributed by atoms with Gasteiger partial charge in [-0.2, -0.15) is 8.42 Å². The highest BCUT2D eigenvalue weighted by Crippen LogP contribution is 2.28. The first-order chi connectivity index (χ1) is 10.2. The molecule has 6 nitrogen and oxygen atoms in total. The smallest absolute Gasteiger partial charge is 0.338 e. The van der Waals surface area contributed by atoms with Crippen LogP contribution in [0.25, 0.3) is 0 Å². The fourth-order valence-corrected chi connectivity index (χ4v) is 3.37. The van der Waals surface area contributed by atoms with E-state index in [1.807, 2.05) is 0 Å². The van der Waals surface area contributed by atoms with Crippen LogP contribution in [0.5, 0.6) is 0 Å². The van der Waals surface area contributed by atoms with E-state index in [4.69, 9.17) is 0 Å². The van der Waals surface area contributed by atoms with Crippen molar-refractivity contribution in [1.82, 2.24) is 0 Å². The molecule has 120 valence electrons. The largest absolute Gasteiger partial charge is 0.465 e. The van der Waals surface area contributed by atoms with Gasteiger partial charge in [-0.05, 0) is 30.7 Å². The maximum atomic E-state index is 12.7. The number of halogens is 1. The molecule has 1 amide bonds. The number of benzene rings is 1. The SMILES string of the molecule is COC(=O)c1ccc(N2CC(CS(=O)(=O)F)CC2=O)cc1C. The first-order valence-corrected chi connectivity index (χ1v) is 8.18. The lowest BCUT2D eigenvalue weighted by Crippen LogP contribution is -2.25. The van der Waals surface area contributed by atoms with E-state index in [0.717, 1.165) is 0 Å². The number of esters is 1. The van der Waals surface area contributed by atoms with Gasteiger partial charge in [-0.15, -0.1) is 3.89 Å². The number of carbonyl (C=O) groups is 2. The van der Waals surface area contributed by atoms with Gasteiger partial charge in [0.2, 0.25) is 5.91 Å². The van der Waals surface area contributed by atoms with Crippen molar-refractivity contribution < 1.29 is 26.6 Å². The van der Waals surface area contributed by atoms with E-state index in [9.17, 15) is 21.9 Å². The Kier molecular flexibility index (Phi) is 4.50. The number of carbonyl (C=O) groups excluding carboxylic acids is 2. The van der Waals surface area contributed by atoms with Crippen molar-refractivity contribution in [3.8, 4) is 0 Å². The fourth-order valence-electron chi connectivity index (χ4n) is 2.58. The molecule has 1 unspecified atom stereocenters. The molecule has 1 saturated heterocycles. The standard InChI is InChI=1S/C14H16FNO5S/c1-9-5-11(3-4-12(9)14(18)21-2)16-7-10(6-13(16)17)8-22(15,19)20/h3-5,10H,6-8H2,1-2H3. The van der Waals surface area contributed by atoms with Crippen LogP contribution in [0.1, 0.15) is 22.3 Å². The van der Waals surface area contributed by atoms with E-state index in [0.29, 0.717) is 16.8 Å². The summed E-state index contributed by atoms with van der Waals surface area (Å²) in [6, 6.07) is 4.78. The van der Waals surface area contributed by atoms with Gasteiger partial charge in [-0.3, -0.25) is 4.79 Å². The minimum atomic E-state index is -4.61. The lowest BCUT2D eigenvalue weighted by molar-refractivity contribution is -0.117. The maximum absolute atomic E-state index is 12.7. The molecule has 1 fully saturated rings. The molecule has 1 heterocycles. The minimum absolute atomic E-state index is 0.0129. The summed E-state index contributed by atoms with van der Waals surface area (Å²) < 4.78 is 38.8. The zero-order valence-electron chi connectivity index (χ0n) is 12.2. The highest BCUT2D eigenvalue weighted by atomic mass is 32.3. The molecule has 1 atom stereocenters. The predicted octanol–water partition coefficient (Wildman–Crippen LogP) is 1.43. The number of hydrogen-bond acceptors (Lipinski definition) is 5. The minimum Gasteiger partial charge on any atom is -0.465 e. The van der Waals surface area contributed by atoms with Gasteiger partial charge < -0.3 is 9.64 Å². The third kappa shape index (κ3) is 3.62. The summed E-state index contributed by atoms with van der Waals surface area (Å²) in [4.78, 5) is 24.9. The Morgan fingerprint density at radius 1 is 1.45 bits per heavy atom. The Balaban J connectivity index is 2.20. The first-order valence-electron chi connectivity index (χ1n) is 6.63. The number of ether oxygens (including phenoxy) is 1. The molecule has 1 aliphatic heterocycles. The Labute approximate surface area is 128 Å². The summed E-state index contributed by atoms with van der Waals surface area (Å²) in [7, 11) is -3.33. The third-order valence-electron chi connectivity index (χ3n) is 3.57. The Morgan fingerprint density at radius 3 is 2.68 bits per heavy atom. The quantitative estimate of drug-likeness (QED) is 0.617. The van der Waals surface area contributed by atoms with Crippen molar-refractivity contribution in [1.29, 1.82) is 0 Å². The molecule has 0 aromatic heterocycles. The zero-order chi connectivity index (χ0) is 16.5. The average Bonchev–Trinajstić information content (AvgIpc) is 2.76. The number of rotatable bonds is 4. The van der Waals surface area contributed by atoms with Crippen LogP contribution in [0.2, 0.25) is 0 Å². The number of aryl methyl sites for hydroxylation is 1. The third-order valence-corrected chi connectivity index (χ3v) is 4.44. The van der Waals surface area contributed by atoms with Gasteiger partial charge in [0.15, 0.2) is 0 Å². The molecule has 1 aromatic rings. The van der Waals surface area contributed by atoms with E-state index in [-0.39, 0.29) is 18.9 Å². The summed E-state index contributed by atoms with van der Waals surface area (Å²) in [5, 5.41) is 0. The normalized spacial score (nSPS) is 18.6. The number of nitrogens with zero attached hydrogens (tertiary/aromatic N) is 1. The Morgan fingerprint density at radius 2 is 2.14 bits per heavy atom. The molecule has 0 N–H and O–H groups in total. The summed E-state index contributed by atoms with van der Waals surface area (Å²) in [5.74, 6) is -1.96. The molecule has 0 bridgehead atoms. The Hall–Kier alpha value is -1.96. The highest BCUT2D eigenvalue weighted by Gasteiger charge is 2.33. The summed E-state index contributed by atoms with van der Waals surface area (Å²) >= 11 is 0. The molecular formula is C14H16FNO5S. The molecule has 8 heteroatoms. The van der Waals surface area contributed by atoms with Crippen LogP contribution in [0.4, 0.5) is 9.57 Å². The van der Waals surface area contributed by atoms with Gasteiger partial charge in [-0.1, -0.05) is 0 Å². The lowest BCUT2D eigenvalue weighted by atomic mass is 10.1. The van der Waals surface area contributed by atoms with Crippen LogP contribution >= 0.6 is 0 Å². The highest BCUT2D eigenvalue weighted by molar-refractivity contribution is 7.86. The van der Waals surface area contributed by atoms with E-state index < -0.39 is 27.9 Å². The van der Waals surface area contributed by atoms with Crippen molar-refractivity contribution in [3.63, 3.8) is 0 Å². The number of amides is 1. The van der Waals surface area contributed by atoms with Crippen molar-refractivity contribution in [2.24, 2.45) is 5.92 Å². The molecular weight excluding hydrogens is 313 g/mol. The van der Waals surface area contributed by atoms with Gasteiger partial charge in [0.25, 0.3) is 0 Å². The number of hydrogen-bond donors (Lipinski definition) is 0. The van der Waals surface area contributed by atoms with E-state index >= 15 is 0 Å². The molecule has 1 aliphatic rings. The van der Waals surface area contributed by atoms with Gasteiger partial charge in [0, 0.05) is 24.6 Å². The van der Waals surface area contributed by atoms with Crippen molar-refractivity contribution in [2.45, 2.75) is 13.3 Å². The number of anilines is 1.